The van der Waals surface area contributed by atoms with Crippen molar-refractivity contribution >= 4 is 71.2 Å². The third kappa shape index (κ3) is 5.88. The number of para-hydroxylation sites is 2. The van der Waals surface area contributed by atoms with Crippen LogP contribution < -0.4 is 4.90 Å². The van der Waals surface area contributed by atoms with E-state index in [1.165, 1.54) is 81.9 Å². The number of hydrogen-bond donors (Lipinski definition) is 0. The summed E-state index contributed by atoms with van der Waals surface area (Å²) >= 11 is 0. The van der Waals surface area contributed by atoms with Gasteiger partial charge in [-0.05, 0) is 109 Å². The second-order valence-corrected chi connectivity index (χ2v) is 16.1. The largest absolute Gasteiger partial charge is 0.310 e. The van der Waals surface area contributed by atoms with Gasteiger partial charge in [0.2, 0.25) is 0 Å². The lowest BCUT2D eigenvalue weighted by Crippen LogP contribution is -2.11. The standard InChI is InChI=1S/C60H40N2/c1-3-17-41(18-4-1)50-26-13-14-31-57(50)61(47-36-33-43(34-37-47)56-40-45-20-8-9-25-49(45)53-28-11-12-29-54(53)56)48-24-15-21-44(39-48)51-30-16-32-58-59(51)55-38-35-42-19-7-10-27-52(42)60(55)62(58)46-22-5-2-6-23-46/h1-40H. The van der Waals surface area contributed by atoms with Crippen LogP contribution in [-0.2, 0) is 0 Å². The second kappa shape index (κ2) is 14.8. The number of rotatable bonds is 7. The average molecular weight is 789 g/mol. The van der Waals surface area contributed by atoms with Crippen LogP contribution in [0.25, 0.3) is 93.2 Å². The summed E-state index contributed by atoms with van der Waals surface area (Å²) in [5.74, 6) is 0. The van der Waals surface area contributed by atoms with E-state index in [-0.39, 0.29) is 0 Å². The fraction of sp³-hybridized carbons (Fsp3) is 0. The molecular formula is C60H40N2. The van der Waals surface area contributed by atoms with E-state index in [0.717, 1.165) is 28.3 Å². The van der Waals surface area contributed by atoms with Crippen molar-refractivity contribution in [1.29, 1.82) is 0 Å². The highest BCUT2D eigenvalue weighted by Crippen LogP contribution is 2.45. The number of anilines is 3. The lowest BCUT2D eigenvalue weighted by molar-refractivity contribution is 1.19. The molecule has 1 heterocycles. The summed E-state index contributed by atoms with van der Waals surface area (Å²) in [4.78, 5) is 2.43. The Hall–Kier alpha value is -8.20. The van der Waals surface area contributed by atoms with Gasteiger partial charge in [-0.25, -0.2) is 0 Å². The van der Waals surface area contributed by atoms with Crippen molar-refractivity contribution in [2.24, 2.45) is 0 Å². The molecule has 11 aromatic carbocycles. The van der Waals surface area contributed by atoms with Crippen molar-refractivity contribution in [2.45, 2.75) is 0 Å². The summed E-state index contributed by atoms with van der Waals surface area (Å²) in [7, 11) is 0. The van der Waals surface area contributed by atoms with Gasteiger partial charge >= 0.3 is 0 Å². The highest BCUT2D eigenvalue weighted by Gasteiger charge is 2.21. The Labute approximate surface area is 360 Å². The zero-order valence-corrected chi connectivity index (χ0v) is 34.0. The van der Waals surface area contributed by atoms with Gasteiger partial charge in [-0.1, -0.05) is 188 Å². The first kappa shape index (κ1) is 35.7. The summed E-state index contributed by atoms with van der Waals surface area (Å²) in [6, 6.07) is 88.4. The van der Waals surface area contributed by atoms with Crippen molar-refractivity contribution in [3.8, 4) is 39.1 Å². The Morgan fingerprint density at radius 2 is 0.919 bits per heavy atom. The highest BCUT2D eigenvalue weighted by molar-refractivity contribution is 6.22. The minimum Gasteiger partial charge on any atom is -0.310 e. The van der Waals surface area contributed by atoms with Crippen LogP contribution in [-0.4, -0.2) is 4.57 Å². The number of nitrogens with zero attached hydrogens (tertiary/aromatic N) is 2. The van der Waals surface area contributed by atoms with Crippen molar-refractivity contribution < 1.29 is 0 Å². The molecule has 0 unspecified atom stereocenters. The maximum atomic E-state index is 2.45. The van der Waals surface area contributed by atoms with Crippen molar-refractivity contribution in [2.75, 3.05) is 4.90 Å². The minimum atomic E-state index is 1.09. The maximum absolute atomic E-state index is 2.45. The highest BCUT2D eigenvalue weighted by atomic mass is 15.1. The molecule has 12 aromatic rings. The summed E-state index contributed by atoms with van der Waals surface area (Å²) in [5, 5.41) is 10.0. The van der Waals surface area contributed by atoms with E-state index in [0.29, 0.717) is 0 Å². The molecule has 1 aromatic heterocycles. The van der Waals surface area contributed by atoms with E-state index in [2.05, 4.69) is 252 Å². The van der Waals surface area contributed by atoms with Gasteiger partial charge in [-0.15, -0.1) is 0 Å². The van der Waals surface area contributed by atoms with E-state index < -0.39 is 0 Å². The molecule has 0 saturated heterocycles. The Balaban J connectivity index is 1.06. The molecule has 0 bridgehead atoms. The lowest BCUT2D eigenvalue weighted by atomic mass is 9.93. The quantitative estimate of drug-likeness (QED) is 0.146. The van der Waals surface area contributed by atoms with Crippen LogP contribution >= 0.6 is 0 Å². The van der Waals surface area contributed by atoms with Crippen LogP contribution in [0.15, 0.2) is 243 Å². The van der Waals surface area contributed by atoms with E-state index >= 15 is 0 Å². The Kier molecular flexibility index (Phi) is 8.53. The van der Waals surface area contributed by atoms with Gasteiger partial charge in [-0.3, -0.25) is 0 Å². The van der Waals surface area contributed by atoms with Crippen LogP contribution in [0.3, 0.4) is 0 Å². The average Bonchev–Trinajstić information content (AvgIpc) is 3.70. The van der Waals surface area contributed by atoms with Crippen LogP contribution in [0.2, 0.25) is 0 Å². The first-order chi connectivity index (χ1) is 30.8. The van der Waals surface area contributed by atoms with Crippen molar-refractivity contribution in [3.05, 3.63) is 243 Å². The maximum Gasteiger partial charge on any atom is 0.0619 e. The number of aromatic nitrogens is 1. The monoisotopic (exact) mass is 788 g/mol. The van der Waals surface area contributed by atoms with Crippen molar-refractivity contribution in [3.63, 3.8) is 0 Å². The molecule has 0 aliphatic carbocycles. The SMILES string of the molecule is c1ccc(-c2ccccc2N(c2ccc(-c3cc4ccccc4c4ccccc34)cc2)c2cccc(-c3cccc4c3c3ccc5ccccc5c3n4-c3ccccc3)c2)cc1. The third-order valence-corrected chi connectivity index (χ3v) is 12.5. The number of hydrogen-bond acceptors (Lipinski definition) is 1. The second-order valence-electron chi connectivity index (χ2n) is 16.1. The smallest absolute Gasteiger partial charge is 0.0619 e. The zero-order chi connectivity index (χ0) is 41.0. The van der Waals surface area contributed by atoms with Gasteiger partial charge in [-0.2, -0.15) is 0 Å². The van der Waals surface area contributed by atoms with Gasteiger partial charge in [0.05, 0.1) is 16.7 Å². The molecule has 0 atom stereocenters. The van der Waals surface area contributed by atoms with Gasteiger partial charge in [0, 0.05) is 38.8 Å². The van der Waals surface area contributed by atoms with E-state index in [9.17, 15) is 0 Å². The normalized spacial score (nSPS) is 11.5. The fourth-order valence-corrected chi connectivity index (χ4v) is 9.77. The first-order valence-electron chi connectivity index (χ1n) is 21.3. The van der Waals surface area contributed by atoms with Gasteiger partial charge in [0.25, 0.3) is 0 Å². The molecule has 0 saturated carbocycles. The molecule has 2 heteroatoms. The summed E-state index contributed by atoms with van der Waals surface area (Å²) in [6.07, 6.45) is 0. The van der Waals surface area contributed by atoms with Crippen LogP contribution in [0, 0.1) is 0 Å². The topological polar surface area (TPSA) is 8.17 Å². The molecule has 0 fully saturated rings. The number of fused-ring (bicyclic) bond motifs is 8. The van der Waals surface area contributed by atoms with Crippen LogP contribution in [0.4, 0.5) is 17.1 Å². The Morgan fingerprint density at radius 1 is 0.306 bits per heavy atom. The molecule has 290 valence electrons. The third-order valence-electron chi connectivity index (χ3n) is 12.5. The van der Waals surface area contributed by atoms with Gasteiger partial charge in [0.1, 0.15) is 0 Å². The zero-order valence-electron chi connectivity index (χ0n) is 34.0. The Morgan fingerprint density at radius 3 is 1.74 bits per heavy atom. The molecule has 0 amide bonds. The minimum absolute atomic E-state index is 1.09. The summed E-state index contributed by atoms with van der Waals surface area (Å²) < 4.78 is 2.45. The molecule has 0 aliphatic heterocycles. The van der Waals surface area contributed by atoms with Crippen molar-refractivity contribution in [1.82, 2.24) is 4.57 Å². The molecule has 0 spiro atoms. The van der Waals surface area contributed by atoms with Gasteiger partial charge in [0.15, 0.2) is 0 Å². The predicted molar refractivity (Wildman–Crippen MR) is 264 cm³/mol. The fourth-order valence-electron chi connectivity index (χ4n) is 9.77. The van der Waals surface area contributed by atoms with Crippen LogP contribution in [0.1, 0.15) is 0 Å². The van der Waals surface area contributed by atoms with Crippen LogP contribution in [0.5, 0.6) is 0 Å². The first-order valence-corrected chi connectivity index (χ1v) is 21.3. The molecule has 0 aliphatic rings. The molecule has 0 radical (unpaired) electrons. The summed E-state index contributed by atoms with van der Waals surface area (Å²) in [5.41, 5.74) is 14.0. The molecule has 62 heavy (non-hydrogen) atoms. The lowest BCUT2D eigenvalue weighted by Gasteiger charge is -2.28. The Bertz CT molecular complexity index is 3620. The number of benzene rings is 11. The molecular weight excluding hydrogens is 749 g/mol. The predicted octanol–water partition coefficient (Wildman–Crippen LogP) is 16.7. The van der Waals surface area contributed by atoms with Gasteiger partial charge < -0.3 is 9.47 Å². The summed E-state index contributed by atoms with van der Waals surface area (Å²) in [6.45, 7) is 0. The molecule has 12 rings (SSSR count). The van der Waals surface area contributed by atoms with E-state index in [1.807, 2.05) is 0 Å². The molecule has 0 N–H and O–H groups in total. The van der Waals surface area contributed by atoms with E-state index in [4.69, 9.17) is 0 Å². The molecule has 2 nitrogen and oxygen atoms in total. The van der Waals surface area contributed by atoms with E-state index in [1.54, 1.807) is 0 Å².